The monoisotopic (exact) mass is 306 g/mol. The molecular weight excluding hydrogens is 294 g/mol. The van der Waals surface area contributed by atoms with Gasteiger partial charge in [-0.15, -0.1) is 0 Å². The molecule has 21 heavy (non-hydrogen) atoms. The molecule has 3 rings (SSSR count). The van der Waals surface area contributed by atoms with Crippen molar-refractivity contribution in [1.29, 1.82) is 0 Å². The van der Waals surface area contributed by atoms with Crippen molar-refractivity contribution in [2.45, 2.75) is 11.1 Å². The first-order chi connectivity index (χ1) is 10.0. The number of fused-ring (bicyclic) bond motifs is 1. The van der Waals surface area contributed by atoms with Crippen LogP contribution in [0.5, 0.6) is 0 Å². The van der Waals surface area contributed by atoms with Crippen LogP contribution in [0.15, 0.2) is 58.2 Å². The Morgan fingerprint density at radius 1 is 1.14 bits per heavy atom. The Labute approximate surface area is 124 Å². The topological polar surface area (TPSA) is 52.0 Å². The first kappa shape index (κ1) is 13.9. The van der Waals surface area contributed by atoms with Gasteiger partial charge >= 0.3 is 0 Å². The van der Waals surface area contributed by atoms with E-state index in [2.05, 4.69) is 4.98 Å². The maximum Gasteiger partial charge on any atom is 0.282 e. The molecule has 0 spiro atoms. The second kappa shape index (κ2) is 5.37. The minimum Gasteiger partial charge on any atom is -0.431 e. The summed E-state index contributed by atoms with van der Waals surface area (Å²) in [7, 11) is 0. The Balaban J connectivity index is 1.77. The van der Waals surface area contributed by atoms with Gasteiger partial charge < -0.3 is 10.2 Å². The van der Waals surface area contributed by atoms with E-state index in [1.165, 1.54) is 12.1 Å². The van der Waals surface area contributed by atoms with Crippen LogP contribution < -0.4 is 5.73 Å². The smallest absolute Gasteiger partial charge is 0.282 e. The second-order valence-electron chi connectivity index (χ2n) is 4.57. The van der Waals surface area contributed by atoms with Crippen molar-refractivity contribution in [1.82, 2.24) is 4.98 Å². The molecule has 0 aliphatic carbocycles. The Morgan fingerprint density at radius 3 is 2.67 bits per heavy atom. The number of benzene rings is 2. The van der Waals surface area contributed by atoms with Crippen LogP contribution in [0.4, 0.5) is 14.5 Å². The third-order valence-corrected chi connectivity index (χ3v) is 3.89. The molecule has 1 aromatic heterocycles. The van der Waals surface area contributed by atoms with Crippen molar-refractivity contribution in [3.05, 3.63) is 54.1 Å². The Bertz CT molecular complexity index is 759. The molecule has 2 N–H and O–H groups in total. The fourth-order valence-electron chi connectivity index (χ4n) is 1.90. The van der Waals surface area contributed by atoms with Crippen molar-refractivity contribution in [3.63, 3.8) is 0 Å². The molecule has 6 heteroatoms. The van der Waals surface area contributed by atoms with Gasteiger partial charge in [-0.2, -0.15) is 0 Å². The minimum absolute atomic E-state index is 0.0159. The Morgan fingerprint density at radius 2 is 1.90 bits per heavy atom. The van der Waals surface area contributed by atoms with E-state index in [4.69, 9.17) is 10.2 Å². The van der Waals surface area contributed by atoms with Gasteiger partial charge in [-0.25, -0.2) is 13.8 Å². The van der Waals surface area contributed by atoms with E-state index in [-0.39, 0.29) is 10.8 Å². The highest BCUT2D eigenvalue weighted by atomic mass is 32.2. The summed E-state index contributed by atoms with van der Waals surface area (Å²) in [6, 6.07) is 12.7. The summed E-state index contributed by atoms with van der Waals surface area (Å²) < 4.78 is 33.5. The lowest BCUT2D eigenvalue weighted by atomic mass is 10.1. The number of halogens is 2. The SMILES string of the molecule is Nc1ccc2oc(SCC(F)(F)c3ccccc3)nc2c1. The molecule has 108 valence electrons. The second-order valence-corrected chi connectivity index (χ2v) is 5.49. The molecule has 2 aromatic carbocycles. The van der Waals surface area contributed by atoms with Crippen LogP contribution in [-0.4, -0.2) is 10.7 Å². The maximum atomic E-state index is 14.1. The quantitative estimate of drug-likeness (QED) is 0.577. The number of alkyl halides is 2. The lowest BCUT2D eigenvalue weighted by Crippen LogP contribution is -2.16. The van der Waals surface area contributed by atoms with E-state index in [1.54, 1.807) is 36.4 Å². The zero-order valence-corrected chi connectivity index (χ0v) is 11.7. The van der Waals surface area contributed by atoms with Gasteiger partial charge in [0.1, 0.15) is 5.52 Å². The molecule has 0 atom stereocenters. The number of rotatable bonds is 4. The standard InChI is InChI=1S/C15H12F2N2OS/c16-15(17,10-4-2-1-3-5-10)9-21-14-19-12-8-11(18)6-7-13(12)20-14/h1-8H,9,18H2. The molecular formula is C15H12F2N2OS. The average Bonchev–Trinajstić information content (AvgIpc) is 2.88. The molecule has 0 amide bonds. The lowest BCUT2D eigenvalue weighted by molar-refractivity contribution is 0.0230. The summed E-state index contributed by atoms with van der Waals surface area (Å²) in [6.45, 7) is 0. The molecule has 0 unspecified atom stereocenters. The number of thioether (sulfide) groups is 1. The summed E-state index contributed by atoms with van der Waals surface area (Å²) in [6.07, 6.45) is 0. The molecule has 0 aliphatic rings. The number of hydrogen-bond acceptors (Lipinski definition) is 4. The number of nitrogens with two attached hydrogens (primary N) is 1. The number of nitrogen functional groups attached to an aromatic ring is 1. The van der Waals surface area contributed by atoms with E-state index >= 15 is 0 Å². The minimum atomic E-state index is -2.94. The largest absolute Gasteiger partial charge is 0.431 e. The van der Waals surface area contributed by atoms with E-state index in [0.29, 0.717) is 16.8 Å². The van der Waals surface area contributed by atoms with Crippen LogP contribution in [0.2, 0.25) is 0 Å². The van der Waals surface area contributed by atoms with Crippen LogP contribution in [0.3, 0.4) is 0 Å². The van der Waals surface area contributed by atoms with Crippen LogP contribution in [0.25, 0.3) is 11.1 Å². The Kier molecular flexibility index (Phi) is 3.55. The average molecular weight is 306 g/mol. The van der Waals surface area contributed by atoms with Gasteiger partial charge in [0, 0.05) is 11.3 Å². The molecule has 0 bridgehead atoms. The predicted molar refractivity (Wildman–Crippen MR) is 79.5 cm³/mol. The van der Waals surface area contributed by atoms with Gasteiger partial charge in [0.25, 0.3) is 11.1 Å². The van der Waals surface area contributed by atoms with Gasteiger partial charge in [0.2, 0.25) is 0 Å². The van der Waals surface area contributed by atoms with Gasteiger partial charge in [-0.3, -0.25) is 0 Å². The molecule has 0 fully saturated rings. The maximum absolute atomic E-state index is 14.1. The first-order valence-electron chi connectivity index (χ1n) is 6.27. The van der Waals surface area contributed by atoms with Crippen LogP contribution in [-0.2, 0) is 5.92 Å². The van der Waals surface area contributed by atoms with E-state index in [9.17, 15) is 8.78 Å². The summed E-state index contributed by atoms with van der Waals surface area (Å²) in [5.41, 5.74) is 7.29. The molecule has 1 heterocycles. The van der Waals surface area contributed by atoms with E-state index in [1.807, 2.05) is 0 Å². The molecule has 0 aliphatic heterocycles. The highest BCUT2D eigenvalue weighted by molar-refractivity contribution is 7.99. The van der Waals surface area contributed by atoms with Gasteiger partial charge in [0.15, 0.2) is 5.58 Å². The number of hydrogen-bond donors (Lipinski definition) is 1. The molecule has 0 saturated carbocycles. The van der Waals surface area contributed by atoms with Gasteiger partial charge in [-0.05, 0) is 18.2 Å². The molecule has 0 radical (unpaired) electrons. The Hall–Kier alpha value is -2.08. The van der Waals surface area contributed by atoms with Crippen LogP contribution in [0.1, 0.15) is 5.56 Å². The molecule has 3 nitrogen and oxygen atoms in total. The van der Waals surface area contributed by atoms with Gasteiger partial charge in [0.05, 0.1) is 5.75 Å². The van der Waals surface area contributed by atoms with Crippen molar-refractivity contribution in [3.8, 4) is 0 Å². The van der Waals surface area contributed by atoms with Crippen molar-refractivity contribution in [2.24, 2.45) is 0 Å². The summed E-state index contributed by atoms with van der Waals surface area (Å²) in [5.74, 6) is -3.37. The highest BCUT2D eigenvalue weighted by Gasteiger charge is 2.32. The highest BCUT2D eigenvalue weighted by Crippen LogP contribution is 2.35. The third kappa shape index (κ3) is 3.00. The van der Waals surface area contributed by atoms with Crippen molar-refractivity contribution >= 4 is 28.5 Å². The number of nitrogens with zero attached hydrogens (tertiary/aromatic N) is 1. The van der Waals surface area contributed by atoms with Crippen molar-refractivity contribution < 1.29 is 13.2 Å². The molecule has 0 saturated heterocycles. The normalized spacial score (nSPS) is 11.9. The number of aromatic nitrogens is 1. The number of anilines is 1. The molecule has 3 aromatic rings. The fraction of sp³-hybridized carbons (Fsp3) is 0.133. The third-order valence-electron chi connectivity index (χ3n) is 2.97. The van der Waals surface area contributed by atoms with Crippen LogP contribution >= 0.6 is 11.8 Å². The fourth-order valence-corrected chi connectivity index (χ4v) is 2.69. The number of oxazole rings is 1. The first-order valence-corrected chi connectivity index (χ1v) is 7.25. The lowest BCUT2D eigenvalue weighted by Gasteiger charge is -2.14. The summed E-state index contributed by atoms with van der Waals surface area (Å²) >= 11 is 0.885. The van der Waals surface area contributed by atoms with Crippen LogP contribution in [0, 0.1) is 0 Å². The van der Waals surface area contributed by atoms with Gasteiger partial charge in [-0.1, -0.05) is 42.1 Å². The predicted octanol–water partition coefficient (Wildman–Crippen LogP) is 4.29. The van der Waals surface area contributed by atoms with E-state index < -0.39 is 11.7 Å². The summed E-state index contributed by atoms with van der Waals surface area (Å²) in [5, 5.41) is 0.214. The zero-order chi connectivity index (χ0) is 14.9. The zero-order valence-electron chi connectivity index (χ0n) is 10.9. The van der Waals surface area contributed by atoms with Crippen molar-refractivity contribution in [2.75, 3.05) is 11.5 Å². The van der Waals surface area contributed by atoms with E-state index in [0.717, 1.165) is 11.8 Å². The summed E-state index contributed by atoms with van der Waals surface area (Å²) in [4.78, 5) is 4.15.